The molecule has 4 unspecified atom stereocenters. The van der Waals surface area contributed by atoms with Crippen molar-refractivity contribution in [1.29, 1.82) is 0 Å². The number of hydrogen-bond donors (Lipinski definition) is 5. The molecule has 5 N–H and O–H groups in total. The van der Waals surface area contributed by atoms with Crippen LogP contribution in [0.2, 0.25) is 0 Å². The maximum absolute atomic E-state index is 8.24. The Morgan fingerprint density at radius 2 is 0.767 bits per heavy atom. The van der Waals surface area contributed by atoms with Crippen molar-refractivity contribution in [2.24, 2.45) is 0 Å². The third-order valence-electron chi connectivity index (χ3n) is 5.89. The van der Waals surface area contributed by atoms with Crippen molar-refractivity contribution in [3.8, 4) is 0 Å². The van der Waals surface area contributed by atoms with Crippen LogP contribution >= 0.6 is 0 Å². The van der Waals surface area contributed by atoms with E-state index < -0.39 is 0 Å². The van der Waals surface area contributed by atoms with E-state index in [9.17, 15) is 0 Å². The quantitative estimate of drug-likeness (QED) is 0.199. The van der Waals surface area contributed by atoms with Crippen LogP contribution in [0.3, 0.4) is 0 Å². The molecule has 3 fully saturated rings. The minimum atomic E-state index is 0. The Labute approximate surface area is 191 Å². The van der Waals surface area contributed by atoms with Gasteiger partial charge in [-0.3, -0.25) is 9.59 Å². The molecule has 0 aromatic carbocycles. The van der Waals surface area contributed by atoms with E-state index in [-0.39, 0.29) is 17.1 Å². The fraction of sp³-hybridized carbons (Fsp3) is 0.900. The molecule has 4 atom stereocenters. The van der Waals surface area contributed by atoms with Gasteiger partial charge in [0.2, 0.25) is 0 Å². The molecule has 1 heterocycles. The van der Waals surface area contributed by atoms with Crippen molar-refractivity contribution in [1.82, 2.24) is 26.6 Å². The Hall–Kier alpha value is -0.921. The molecule has 30 heavy (non-hydrogen) atoms. The van der Waals surface area contributed by atoms with Gasteiger partial charge >= 0.3 is 0 Å². The smallest absolute Gasteiger partial charge is 0.0221 e. The van der Waals surface area contributed by atoms with Gasteiger partial charge in [0.25, 0.3) is 0 Å². The summed E-state index contributed by atoms with van der Waals surface area (Å²) >= 11 is 0. The van der Waals surface area contributed by atoms with Crippen LogP contribution in [0.1, 0.15) is 51.4 Å². The molecule has 0 amide bonds. The van der Waals surface area contributed by atoms with Crippen LogP contribution in [0.4, 0.5) is 0 Å². The molecule has 1 saturated heterocycles. The zero-order chi connectivity index (χ0) is 21.2. The van der Waals surface area contributed by atoms with Crippen LogP contribution in [0.5, 0.6) is 0 Å². The monoisotopic (exact) mass is 462 g/mol. The summed E-state index contributed by atoms with van der Waals surface area (Å²) in [6.45, 7) is 6.55. The fourth-order valence-electron chi connectivity index (χ4n) is 4.57. The third kappa shape index (κ3) is 12.7. The number of nitrogens with one attached hydrogen (secondary N) is 5. The van der Waals surface area contributed by atoms with Gasteiger partial charge in [-0.15, -0.1) is 0 Å². The molecule has 3 rings (SSSR count). The zero-order valence-corrected chi connectivity index (χ0v) is 19.0. The van der Waals surface area contributed by atoms with Crippen molar-refractivity contribution in [3.05, 3.63) is 10.8 Å². The van der Waals surface area contributed by atoms with E-state index in [0.29, 0.717) is 36.3 Å². The second-order valence-corrected chi connectivity index (χ2v) is 7.74. The van der Waals surface area contributed by atoms with E-state index in [2.05, 4.69) is 26.6 Å². The molecule has 10 heteroatoms. The number of nitrogens with zero attached hydrogens (tertiary/aromatic N) is 2. The van der Waals surface area contributed by atoms with Gasteiger partial charge in [0.15, 0.2) is 0 Å². The molecule has 0 aromatic rings. The standard InChI is InChI=1S/C18H37N5.2CNO.Mn/c1-3-7-17-15(5-1)20-11-9-19-10-12-21-16-6-2-4-8-18(16)23-14-13-22-17;2*2-1-3;/h15-23H,1-14H2;;;/q;2*-1;. The molecule has 2 aliphatic carbocycles. The van der Waals surface area contributed by atoms with Gasteiger partial charge in [0, 0.05) is 80.5 Å². The Morgan fingerprint density at radius 3 is 1.03 bits per heavy atom. The second kappa shape index (κ2) is 20.0. The average Bonchev–Trinajstić information content (AvgIpc) is 2.73. The average molecular weight is 463 g/mol. The Bertz CT molecular complexity index is 444. The Morgan fingerprint density at radius 1 is 0.533 bits per heavy atom. The summed E-state index contributed by atoms with van der Waals surface area (Å²) in [5.74, 6) is 0. The van der Waals surface area contributed by atoms with Crippen molar-refractivity contribution in [3.63, 3.8) is 0 Å². The van der Waals surface area contributed by atoms with Crippen LogP contribution in [-0.2, 0) is 26.7 Å². The van der Waals surface area contributed by atoms with Gasteiger partial charge in [-0.25, -0.2) is 0 Å². The van der Waals surface area contributed by atoms with E-state index in [1.165, 1.54) is 51.4 Å². The minimum absolute atomic E-state index is 0. The summed E-state index contributed by atoms with van der Waals surface area (Å²) in [7, 11) is 0. The first-order chi connectivity index (χ1) is 14.3. The van der Waals surface area contributed by atoms with Gasteiger partial charge in [0.1, 0.15) is 0 Å². The number of hydrogen-bond acceptors (Lipinski definition) is 7. The van der Waals surface area contributed by atoms with Crippen molar-refractivity contribution < 1.29 is 26.7 Å². The molecule has 9 nitrogen and oxygen atoms in total. The third-order valence-corrected chi connectivity index (χ3v) is 5.89. The van der Waals surface area contributed by atoms with Crippen LogP contribution in [-0.4, -0.2) is 75.6 Å². The molecule has 173 valence electrons. The summed E-state index contributed by atoms with van der Waals surface area (Å²) in [5.41, 5.74) is 0. The van der Waals surface area contributed by atoms with Gasteiger partial charge in [-0.05, 0) is 37.8 Å². The summed E-state index contributed by atoms with van der Waals surface area (Å²) in [4.78, 5) is 16.5. The summed E-state index contributed by atoms with van der Waals surface area (Å²) in [6, 6.07) is 2.65. The van der Waals surface area contributed by atoms with Crippen molar-refractivity contribution in [2.45, 2.75) is 75.5 Å². The number of fused-ring (bicyclic) bond motifs is 2. The predicted molar refractivity (Wildman–Crippen MR) is 115 cm³/mol. The molecular formula is C20H37MnN7O2-2. The number of isocyanates is 2. The zero-order valence-electron chi connectivity index (χ0n) is 17.8. The fourth-order valence-corrected chi connectivity index (χ4v) is 4.57. The van der Waals surface area contributed by atoms with E-state index in [0.717, 1.165) is 39.3 Å². The second-order valence-electron chi connectivity index (χ2n) is 7.74. The van der Waals surface area contributed by atoms with Gasteiger partial charge in [-0.2, -0.15) is 0 Å². The van der Waals surface area contributed by atoms with Crippen LogP contribution < -0.4 is 26.6 Å². The summed E-state index contributed by atoms with van der Waals surface area (Å²) in [6.07, 6.45) is 11.9. The van der Waals surface area contributed by atoms with E-state index in [1.807, 2.05) is 0 Å². The molecule has 1 radical (unpaired) electrons. The van der Waals surface area contributed by atoms with Gasteiger partial charge in [0.05, 0.1) is 0 Å². The molecule has 0 bridgehead atoms. The maximum Gasteiger partial charge on any atom is 0.0221 e. The molecule has 2 saturated carbocycles. The topological polar surface area (TPSA) is 139 Å². The Kier molecular flexibility index (Phi) is 19.4. The van der Waals surface area contributed by atoms with E-state index in [1.54, 1.807) is 0 Å². The van der Waals surface area contributed by atoms with E-state index in [4.69, 9.17) is 20.4 Å². The Balaban J connectivity index is 0.00000108. The first kappa shape index (κ1) is 29.1. The minimum Gasteiger partial charge on any atom is -0.724 e. The van der Waals surface area contributed by atoms with Gasteiger partial charge in [-0.1, -0.05) is 25.7 Å². The summed E-state index contributed by atoms with van der Waals surface area (Å²) < 4.78 is 0. The molecule has 3 aliphatic rings. The predicted octanol–water partition coefficient (Wildman–Crippen LogP) is 0.351. The van der Waals surface area contributed by atoms with E-state index >= 15 is 0 Å². The summed E-state index contributed by atoms with van der Waals surface area (Å²) in [5, 5.41) is 32.3. The van der Waals surface area contributed by atoms with Crippen LogP contribution in [0, 0.1) is 0 Å². The first-order valence-corrected chi connectivity index (χ1v) is 10.9. The number of carbonyl (C=O) groups excluding carboxylic acids is 2. The normalized spacial score (nSPS) is 30.1. The first-order valence-electron chi connectivity index (χ1n) is 10.9. The largest absolute Gasteiger partial charge is 0.724 e. The molecular weight excluding hydrogens is 425 g/mol. The van der Waals surface area contributed by atoms with Crippen LogP contribution in [0.25, 0.3) is 10.8 Å². The molecule has 0 aromatic heterocycles. The van der Waals surface area contributed by atoms with Crippen LogP contribution in [0.15, 0.2) is 0 Å². The number of rotatable bonds is 0. The SMILES string of the molecule is C1CCC2NCCNC3CCCCC3NCCNCCNC2C1.[Mn].[N-]=C=O.[N-]=C=O. The van der Waals surface area contributed by atoms with Crippen molar-refractivity contribution >= 4 is 12.2 Å². The molecule has 0 spiro atoms. The van der Waals surface area contributed by atoms with Crippen molar-refractivity contribution in [2.75, 3.05) is 39.3 Å². The molecule has 1 aliphatic heterocycles. The maximum atomic E-state index is 8.24. The van der Waals surface area contributed by atoms with Gasteiger partial charge < -0.3 is 37.4 Å².